The zero-order valence-corrected chi connectivity index (χ0v) is 13.4. The molecule has 0 aromatic carbocycles. The summed E-state index contributed by atoms with van der Waals surface area (Å²) in [5.41, 5.74) is 0. The molecule has 0 spiro atoms. The van der Waals surface area contributed by atoms with Crippen LogP contribution in [0.5, 0.6) is 0 Å². The van der Waals surface area contributed by atoms with Crippen molar-refractivity contribution in [3.63, 3.8) is 0 Å². The van der Waals surface area contributed by atoms with Crippen molar-refractivity contribution in [2.75, 3.05) is 0 Å². The smallest absolute Gasteiger partial charge is 0.822 e. The van der Waals surface area contributed by atoms with Gasteiger partial charge in [-0.25, -0.2) is 0 Å². The maximum absolute atomic E-state index is 8.55. The van der Waals surface area contributed by atoms with Crippen LogP contribution in [0.25, 0.3) is 0 Å². The van der Waals surface area contributed by atoms with Crippen LogP contribution in [0.1, 0.15) is 0 Å². The number of phosphoric acid groups is 3. The number of rotatable bonds is 0. The number of hydrogen-bond donors (Lipinski definition) is 0. The molecular formula is AlCuO12P3Si. The van der Waals surface area contributed by atoms with Crippen molar-refractivity contribution in [2.45, 2.75) is 0 Å². The molecule has 0 aliphatic rings. The molecule has 0 aromatic rings. The SMILES string of the molecule is O=P([O-])([O-])[O-].O=P([O-])([O-])[O-].O=P([O-])([O-])[O-].[Al+3].[Cu+2].[Si+4]. The van der Waals surface area contributed by atoms with E-state index < -0.39 is 23.5 Å². The van der Waals surface area contributed by atoms with Gasteiger partial charge in [0.2, 0.25) is 0 Å². The van der Waals surface area contributed by atoms with Gasteiger partial charge in [-0.2, -0.15) is 23.5 Å². The minimum Gasteiger partial charge on any atom is -0.822 e. The van der Waals surface area contributed by atoms with Gasteiger partial charge in [0, 0.05) is 0 Å². The predicted molar refractivity (Wildman–Crippen MR) is 34.3 cm³/mol. The van der Waals surface area contributed by atoms with Crippen LogP contribution in [0, 0.1) is 0 Å². The number of hydrogen-bond acceptors (Lipinski definition) is 12. The van der Waals surface area contributed by atoms with Crippen LogP contribution in [0.2, 0.25) is 0 Å². The fourth-order valence-electron chi connectivity index (χ4n) is 0. The molecule has 0 fully saturated rings. The Morgan fingerprint density at radius 3 is 0.500 bits per heavy atom. The third-order valence-electron chi connectivity index (χ3n) is 0. The second-order valence-electron chi connectivity index (χ2n) is 1.34. The van der Waals surface area contributed by atoms with Crippen LogP contribution < -0.4 is 44.0 Å². The van der Waals surface area contributed by atoms with E-state index in [2.05, 4.69) is 0 Å². The van der Waals surface area contributed by atoms with Crippen LogP contribution in [0.3, 0.4) is 0 Å². The maximum atomic E-state index is 8.55. The third-order valence-corrected chi connectivity index (χ3v) is 0. The Hall–Kier alpha value is 1.60. The normalized spacial score (nSPS) is 9.83. The first-order chi connectivity index (χ1) is 6.00. The summed E-state index contributed by atoms with van der Waals surface area (Å²) in [5.74, 6) is 0. The van der Waals surface area contributed by atoms with Gasteiger partial charge in [0.05, 0.1) is 0 Å². The minimum absolute atomic E-state index is 0. The van der Waals surface area contributed by atoms with Gasteiger partial charge < -0.3 is 57.7 Å². The molecule has 0 aliphatic heterocycles. The van der Waals surface area contributed by atoms with E-state index >= 15 is 0 Å². The predicted octanol–water partition coefficient (Wildman–Crippen LogP) is -9.24. The van der Waals surface area contributed by atoms with E-state index in [1.54, 1.807) is 0 Å². The Balaban J connectivity index is -0.0000000277. The molecule has 0 rings (SSSR count). The van der Waals surface area contributed by atoms with Crippen molar-refractivity contribution in [3.8, 4) is 0 Å². The summed E-state index contributed by atoms with van der Waals surface area (Å²) in [5, 5.41) is 0. The molecule has 0 aliphatic carbocycles. The molecular weight excluding hydrogens is 404 g/mol. The molecule has 12 nitrogen and oxygen atoms in total. The van der Waals surface area contributed by atoms with Crippen molar-refractivity contribution in [1.82, 2.24) is 0 Å². The summed E-state index contributed by atoms with van der Waals surface area (Å²) in [6, 6.07) is 0. The van der Waals surface area contributed by atoms with Crippen LogP contribution in [-0.4, -0.2) is 28.3 Å². The molecule has 0 saturated heterocycles. The summed E-state index contributed by atoms with van der Waals surface area (Å²) in [7, 11) is -16.2. The molecule has 0 unspecified atom stereocenters. The Labute approximate surface area is 126 Å². The second kappa shape index (κ2) is 15.0. The van der Waals surface area contributed by atoms with Crippen molar-refractivity contribution in [2.24, 2.45) is 0 Å². The molecule has 1 radical (unpaired) electrons. The van der Waals surface area contributed by atoms with Gasteiger partial charge in [-0.05, 0) is 0 Å². The molecule has 0 N–H and O–H groups in total. The van der Waals surface area contributed by atoms with Crippen molar-refractivity contribution in [3.05, 3.63) is 0 Å². The van der Waals surface area contributed by atoms with Crippen LogP contribution in [0.15, 0.2) is 0 Å². The second-order valence-corrected chi connectivity index (χ2v) is 4.02. The molecule has 105 valence electrons. The molecule has 0 bridgehead atoms. The van der Waals surface area contributed by atoms with Crippen LogP contribution in [0.4, 0.5) is 0 Å². The summed E-state index contributed by atoms with van der Waals surface area (Å²) in [6.45, 7) is 0. The van der Waals surface area contributed by atoms with E-state index in [9.17, 15) is 0 Å². The van der Waals surface area contributed by atoms with Gasteiger partial charge in [0.1, 0.15) is 0 Å². The average Bonchev–Trinajstić information content (AvgIpc) is 1.41. The molecule has 18 heavy (non-hydrogen) atoms. The first kappa shape index (κ1) is 36.7. The van der Waals surface area contributed by atoms with Gasteiger partial charge in [0.25, 0.3) is 0 Å². The van der Waals surface area contributed by atoms with Crippen molar-refractivity contribution >= 4 is 51.8 Å². The standard InChI is InChI=1S/Al.Cu.3H3O4P.Si/c;;3*1-5(2,3)4;/h;;3*(H3,1,2,3,4);/q+3;+2;;;;+4/p-9. The quantitative estimate of drug-likeness (QED) is 0.269. The van der Waals surface area contributed by atoms with E-state index in [0.29, 0.717) is 0 Å². The average molecular weight is 404 g/mol. The van der Waals surface area contributed by atoms with Gasteiger partial charge in [-0.15, -0.1) is 0 Å². The van der Waals surface area contributed by atoms with E-state index in [-0.39, 0.29) is 45.4 Å². The monoisotopic (exact) mass is 403 g/mol. The summed E-state index contributed by atoms with van der Waals surface area (Å²) >= 11 is 0. The fraction of sp³-hybridized carbons (Fsp3) is 0. The van der Waals surface area contributed by atoms with Crippen LogP contribution >= 0.6 is 23.5 Å². The van der Waals surface area contributed by atoms with E-state index in [0.717, 1.165) is 0 Å². The van der Waals surface area contributed by atoms with E-state index in [4.69, 9.17) is 57.7 Å². The topological polar surface area (TPSA) is 259 Å². The zero-order valence-electron chi connectivity index (χ0n) is 7.62. The minimum atomic E-state index is -5.39. The molecule has 18 heteroatoms. The molecule has 0 amide bonds. The van der Waals surface area contributed by atoms with Gasteiger partial charge in [0.15, 0.2) is 0 Å². The maximum Gasteiger partial charge on any atom is 4.00 e. The first-order valence-electron chi connectivity index (χ1n) is 2.19. The molecule has 0 atom stereocenters. The van der Waals surface area contributed by atoms with E-state index in [1.807, 2.05) is 0 Å². The molecule has 0 saturated carbocycles. The third kappa shape index (κ3) is 1900. The van der Waals surface area contributed by atoms with Crippen molar-refractivity contribution in [1.29, 1.82) is 0 Å². The Kier molecular flexibility index (Phi) is 30.5. The molecule has 0 aromatic heterocycles. The largest absolute Gasteiger partial charge is 4.00 e. The van der Waals surface area contributed by atoms with Gasteiger partial charge in [-0.1, -0.05) is 0 Å². The Morgan fingerprint density at radius 1 is 0.500 bits per heavy atom. The Bertz CT molecular complexity index is 213. The zero-order chi connectivity index (χ0) is 13.5. The summed E-state index contributed by atoms with van der Waals surface area (Å²) in [6.07, 6.45) is 0. The summed E-state index contributed by atoms with van der Waals surface area (Å²) in [4.78, 5) is 76.9. The Morgan fingerprint density at radius 2 is 0.500 bits per heavy atom. The summed E-state index contributed by atoms with van der Waals surface area (Å²) < 4.78 is 25.6. The van der Waals surface area contributed by atoms with E-state index in [1.165, 1.54) is 0 Å². The fourth-order valence-corrected chi connectivity index (χ4v) is 0. The van der Waals surface area contributed by atoms with Gasteiger partial charge >= 0.3 is 45.4 Å². The van der Waals surface area contributed by atoms with Crippen LogP contribution in [-0.2, 0) is 30.8 Å². The van der Waals surface area contributed by atoms with Gasteiger partial charge in [-0.3, -0.25) is 0 Å². The van der Waals surface area contributed by atoms with Crippen molar-refractivity contribution < 1.29 is 74.8 Å². The molecule has 0 heterocycles. The first-order valence-corrected chi connectivity index (χ1v) is 6.57.